The number of aliphatic hydroxyl groups is 1. The largest absolute Gasteiger partial charge is 0.507 e. The van der Waals surface area contributed by atoms with Crippen molar-refractivity contribution in [2.24, 2.45) is 7.05 Å². The van der Waals surface area contributed by atoms with Gasteiger partial charge in [-0.1, -0.05) is 6.07 Å². The van der Waals surface area contributed by atoms with E-state index in [1.165, 1.54) is 11.3 Å². The van der Waals surface area contributed by atoms with E-state index in [2.05, 4.69) is 10.1 Å². The molecule has 4 heterocycles. The predicted octanol–water partition coefficient (Wildman–Crippen LogP) is 2.81. The molecule has 1 fully saturated rings. The van der Waals surface area contributed by atoms with Crippen LogP contribution in [0.3, 0.4) is 0 Å². The van der Waals surface area contributed by atoms with E-state index >= 15 is 0 Å². The molecule has 30 heavy (non-hydrogen) atoms. The Morgan fingerprint density at radius 1 is 1.27 bits per heavy atom. The van der Waals surface area contributed by atoms with Crippen molar-refractivity contribution in [2.45, 2.75) is 32.9 Å². The summed E-state index contributed by atoms with van der Waals surface area (Å²) in [6.07, 6.45) is 5.95. The van der Waals surface area contributed by atoms with Gasteiger partial charge in [0, 0.05) is 43.1 Å². The molecule has 0 unspecified atom stereocenters. The van der Waals surface area contributed by atoms with Crippen LogP contribution in [0.2, 0.25) is 0 Å². The Hall–Kier alpha value is -3.20. The second-order valence-electron chi connectivity index (χ2n) is 7.33. The number of hydrogen-bond acceptors (Lipinski definition) is 6. The maximum Gasteiger partial charge on any atom is 0.295 e. The van der Waals surface area contributed by atoms with Gasteiger partial charge < -0.3 is 14.6 Å². The number of thiophene rings is 1. The predicted molar refractivity (Wildman–Crippen MR) is 113 cm³/mol. The molecule has 156 valence electrons. The normalized spacial score (nSPS) is 18.5. The van der Waals surface area contributed by atoms with Crippen LogP contribution in [0.5, 0.6) is 0 Å². The van der Waals surface area contributed by atoms with E-state index in [-0.39, 0.29) is 11.3 Å². The van der Waals surface area contributed by atoms with E-state index in [4.69, 9.17) is 0 Å². The van der Waals surface area contributed by atoms with E-state index in [1.807, 2.05) is 35.2 Å². The Bertz CT molecular complexity index is 1110. The van der Waals surface area contributed by atoms with Gasteiger partial charge in [0.2, 0.25) is 0 Å². The van der Waals surface area contributed by atoms with Crippen molar-refractivity contribution in [2.75, 3.05) is 6.54 Å². The zero-order valence-electron chi connectivity index (χ0n) is 17.1. The van der Waals surface area contributed by atoms with Gasteiger partial charge in [-0.2, -0.15) is 5.10 Å². The SMILES string of the molecule is Cc1nn(C)c(C)c1/C(O)=C1\C(=O)C(=O)N(CCCn2ccnc2)[C@@H]1c1cccs1. The number of amides is 1. The molecule has 3 aromatic rings. The lowest BCUT2D eigenvalue weighted by Gasteiger charge is -2.24. The van der Waals surface area contributed by atoms with Crippen LogP contribution in [0.15, 0.2) is 41.8 Å². The second kappa shape index (κ2) is 7.91. The maximum absolute atomic E-state index is 13.0. The van der Waals surface area contributed by atoms with Gasteiger partial charge in [0.25, 0.3) is 11.7 Å². The Balaban J connectivity index is 1.74. The first kappa shape index (κ1) is 20.1. The lowest BCUT2D eigenvalue weighted by Crippen LogP contribution is -2.31. The minimum Gasteiger partial charge on any atom is -0.507 e. The number of carbonyl (C=O) groups is 2. The van der Waals surface area contributed by atoms with E-state index in [0.717, 1.165) is 10.6 Å². The molecule has 0 saturated carbocycles. The number of carbonyl (C=O) groups excluding carboxylic acids is 2. The van der Waals surface area contributed by atoms with Gasteiger partial charge in [-0.25, -0.2) is 4.98 Å². The third kappa shape index (κ3) is 3.35. The summed E-state index contributed by atoms with van der Waals surface area (Å²) in [7, 11) is 1.78. The molecule has 1 aliphatic rings. The summed E-state index contributed by atoms with van der Waals surface area (Å²) in [5.41, 5.74) is 1.99. The van der Waals surface area contributed by atoms with Crippen LogP contribution in [0.1, 0.15) is 34.3 Å². The third-order valence-corrected chi connectivity index (χ3v) is 6.40. The zero-order valence-corrected chi connectivity index (χ0v) is 17.9. The number of hydrogen-bond donors (Lipinski definition) is 1. The van der Waals surface area contributed by atoms with Crippen molar-refractivity contribution < 1.29 is 14.7 Å². The number of aromatic nitrogens is 4. The van der Waals surface area contributed by atoms with Gasteiger partial charge in [0.15, 0.2) is 0 Å². The summed E-state index contributed by atoms with van der Waals surface area (Å²) >= 11 is 1.46. The fourth-order valence-corrected chi connectivity index (χ4v) is 4.79. The molecule has 0 aromatic carbocycles. The minimum atomic E-state index is -0.656. The molecule has 1 amide bonds. The van der Waals surface area contributed by atoms with Gasteiger partial charge in [-0.15, -0.1) is 11.3 Å². The van der Waals surface area contributed by atoms with Crippen LogP contribution >= 0.6 is 11.3 Å². The van der Waals surface area contributed by atoms with Crippen LogP contribution < -0.4 is 0 Å². The van der Waals surface area contributed by atoms with Gasteiger partial charge in [0.05, 0.1) is 29.2 Å². The molecule has 8 nitrogen and oxygen atoms in total. The Morgan fingerprint density at radius 3 is 2.67 bits per heavy atom. The number of nitrogens with zero attached hydrogens (tertiary/aromatic N) is 5. The average Bonchev–Trinajstić information content (AvgIpc) is 3.48. The fourth-order valence-electron chi connectivity index (χ4n) is 3.95. The molecule has 9 heteroatoms. The van der Waals surface area contributed by atoms with E-state index in [0.29, 0.717) is 30.8 Å². The first-order valence-corrected chi connectivity index (χ1v) is 10.6. The summed E-state index contributed by atoms with van der Waals surface area (Å²) < 4.78 is 3.59. The van der Waals surface area contributed by atoms with Crippen molar-refractivity contribution in [3.63, 3.8) is 0 Å². The average molecular weight is 426 g/mol. The molecular formula is C21H23N5O3S. The number of rotatable bonds is 6. The van der Waals surface area contributed by atoms with Gasteiger partial charge in [-0.3, -0.25) is 14.3 Å². The van der Waals surface area contributed by atoms with Crippen molar-refractivity contribution in [3.8, 4) is 0 Å². The number of likely N-dealkylation sites (tertiary alicyclic amines) is 1. The first-order chi connectivity index (χ1) is 14.4. The topological polar surface area (TPSA) is 93.2 Å². The Kier molecular flexibility index (Phi) is 5.29. The van der Waals surface area contributed by atoms with Crippen LogP contribution in [-0.4, -0.2) is 47.6 Å². The highest BCUT2D eigenvalue weighted by molar-refractivity contribution is 7.10. The number of imidazole rings is 1. The quantitative estimate of drug-likeness (QED) is 0.372. The highest BCUT2D eigenvalue weighted by atomic mass is 32.1. The van der Waals surface area contributed by atoms with Crippen molar-refractivity contribution in [3.05, 3.63) is 63.6 Å². The van der Waals surface area contributed by atoms with Crippen LogP contribution in [0.25, 0.3) is 5.76 Å². The summed E-state index contributed by atoms with van der Waals surface area (Å²) in [5, 5.41) is 17.4. The number of aliphatic hydroxyl groups excluding tert-OH is 1. The minimum absolute atomic E-state index is 0.129. The smallest absolute Gasteiger partial charge is 0.295 e. The number of ketones is 1. The molecule has 3 aromatic heterocycles. The van der Waals surface area contributed by atoms with Gasteiger partial charge in [0.1, 0.15) is 5.76 Å². The van der Waals surface area contributed by atoms with Crippen LogP contribution in [0.4, 0.5) is 0 Å². The monoisotopic (exact) mass is 425 g/mol. The zero-order chi connectivity index (χ0) is 21.4. The van der Waals surface area contributed by atoms with Crippen molar-refractivity contribution in [1.29, 1.82) is 0 Å². The standard InChI is InChI=1S/C21H23N5O3S/c1-13-16(14(2)24(3)23-13)19(27)17-18(15-6-4-11-30-15)26(21(29)20(17)28)9-5-8-25-10-7-22-12-25/h4,6-7,10-12,18,27H,5,8-9H2,1-3H3/b19-17+/t18-/m1/s1. The molecule has 0 spiro atoms. The van der Waals surface area contributed by atoms with E-state index < -0.39 is 17.7 Å². The Morgan fingerprint density at radius 2 is 2.07 bits per heavy atom. The van der Waals surface area contributed by atoms with Crippen LogP contribution in [0, 0.1) is 13.8 Å². The lowest BCUT2D eigenvalue weighted by atomic mass is 9.99. The van der Waals surface area contributed by atoms with Crippen LogP contribution in [-0.2, 0) is 23.2 Å². The summed E-state index contributed by atoms with van der Waals surface area (Å²) in [4.78, 5) is 32.4. The maximum atomic E-state index is 13.0. The molecule has 4 rings (SSSR count). The van der Waals surface area contributed by atoms with E-state index in [1.54, 1.807) is 36.1 Å². The summed E-state index contributed by atoms with van der Waals surface area (Å²) in [5.74, 6) is -1.40. The van der Waals surface area contributed by atoms with Gasteiger partial charge >= 0.3 is 0 Å². The summed E-state index contributed by atoms with van der Waals surface area (Å²) in [6.45, 7) is 4.69. The molecule has 0 bridgehead atoms. The second-order valence-corrected chi connectivity index (χ2v) is 8.31. The molecule has 1 N–H and O–H groups in total. The molecule has 0 radical (unpaired) electrons. The lowest BCUT2D eigenvalue weighted by molar-refractivity contribution is -0.139. The van der Waals surface area contributed by atoms with Crippen molar-refractivity contribution in [1.82, 2.24) is 24.2 Å². The van der Waals surface area contributed by atoms with E-state index in [9.17, 15) is 14.7 Å². The van der Waals surface area contributed by atoms with Crippen molar-refractivity contribution >= 4 is 28.8 Å². The Labute approximate surface area is 178 Å². The first-order valence-electron chi connectivity index (χ1n) is 9.68. The molecule has 0 aliphatic carbocycles. The highest BCUT2D eigenvalue weighted by Gasteiger charge is 2.46. The number of Topliss-reactive ketones (excluding diaryl/α,β-unsaturated/α-hetero) is 1. The number of aryl methyl sites for hydroxylation is 3. The summed E-state index contributed by atoms with van der Waals surface area (Å²) in [6, 6.07) is 3.17. The fraction of sp³-hybridized carbons (Fsp3) is 0.333. The third-order valence-electron chi connectivity index (χ3n) is 5.47. The van der Waals surface area contributed by atoms with Gasteiger partial charge in [-0.05, 0) is 31.7 Å². The highest BCUT2D eigenvalue weighted by Crippen LogP contribution is 2.41. The molecule has 1 atom stereocenters. The molecular weight excluding hydrogens is 402 g/mol. The molecule has 1 saturated heterocycles. The molecule has 1 aliphatic heterocycles.